The third kappa shape index (κ3) is 2.78. The first kappa shape index (κ1) is 16.8. The minimum atomic E-state index is -0.202. The summed E-state index contributed by atoms with van der Waals surface area (Å²) in [4.78, 5) is 6.89. The molecule has 0 radical (unpaired) electrons. The van der Waals surface area contributed by atoms with Crippen LogP contribution < -0.4 is 0 Å². The lowest BCUT2D eigenvalue weighted by molar-refractivity contribution is -0.177. The van der Waals surface area contributed by atoms with Crippen molar-refractivity contribution in [3.8, 4) is 0 Å². The van der Waals surface area contributed by atoms with E-state index in [-0.39, 0.29) is 5.60 Å². The summed E-state index contributed by atoms with van der Waals surface area (Å²) in [7, 11) is 1.88. The van der Waals surface area contributed by atoms with E-state index in [0.717, 1.165) is 26.3 Å². The van der Waals surface area contributed by atoms with Gasteiger partial charge in [-0.1, -0.05) is 18.0 Å². The zero-order valence-corrected chi connectivity index (χ0v) is 15.2. The summed E-state index contributed by atoms with van der Waals surface area (Å²) in [5.74, 6) is 1.05. The molecule has 1 aromatic rings. The summed E-state index contributed by atoms with van der Waals surface area (Å²) in [6, 6.07) is 4.79. The molecule has 0 amide bonds. The van der Waals surface area contributed by atoms with Crippen molar-refractivity contribution >= 4 is 11.6 Å². The van der Waals surface area contributed by atoms with Crippen LogP contribution in [0.15, 0.2) is 18.3 Å². The number of fused-ring (bicyclic) bond motifs is 2. The van der Waals surface area contributed by atoms with E-state index in [2.05, 4.69) is 16.0 Å². The second kappa shape index (κ2) is 6.91. The number of methoxy groups -OCH3 is 1. The van der Waals surface area contributed by atoms with Gasteiger partial charge in [0, 0.05) is 57.5 Å². The average Bonchev–Trinajstić information content (AvgIpc) is 2.61. The van der Waals surface area contributed by atoms with Gasteiger partial charge in [-0.25, -0.2) is 4.98 Å². The van der Waals surface area contributed by atoms with Gasteiger partial charge in [0.1, 0.15) is 10.8 Å². The Morgan fingerprint density at radius 2 is 1.92 bits per heavy atom. The number of piperidine rings is 1. The number of hydrogen-bond donors (Lipinski definition) is 0. The van der Waals surface area contributed by atoms with Gasteiger partial charge in [-0.2, -0.15) is 0 Å². The lowest BCUT2D eigenvalue weighted by Crippen LogP contribution is -2.61. The van der Waals surface area contributed by atoms with Gasteiger partial charge in [-0.3, -0.25) is 4.90 Å². The van der Waals surface area contributed by atoms with Gasteiger partial charge in [0.05, 0.1) is 0 Å². The van der Waals surface area contributed by atoms with Crippen molar-refractivity contribution in [3.63, 3.8) is 0 Å². The Balaban J connectivity index is 1.64. The van der Waals surface area contributed by atoms with Gasteiger partial charge >= 0.3 is 0 Å². The lowest BCUT2D eigenvalue weighted by Gasteiger charge is -2.57. The highest BCUT2D eigenvalue weighted by Gasteiger charge is 2.54. The van der Waals surface area contributed by atoms with Crippen LogP contribution in [-0.4, -0.2) is 49.3 Å². The number of nitrogens with zero attached hydrogens (tertiary/aromatic N) is 2. The number of rotatable bonds is 3. The molecule has 3 atom stereocenters. The summed E-state index contributed by atoms with van der Waals surface area (Å²) in [6.45, 7) is 4.06. The SMILES string of the molecule is CO[C@]1(c2ccnc(Cl)c2)[C@@H]2CCC[C@H]1CN(C1CCOCC1)C2. The Hall–Kier alpha value is -0.680. The van der Waals surface area contributed by atoms with Crippen molar-refractivity contribution in [2.45, 2.75) is 43.7 Å². The van der Waals surface area contributed by atoms with Crippen LogP contribution in [0.25, 0.3) is 0 Å². The molecule has 5 heteroatoms. The largest absolute Gasteiger partial charge is 0.381 e. The van der Waals surface area contributed by atoms with E-state index >= 15 is 0 Å². The van der Waals surface area contributed by atoms with Gasteiger partial charge in [-0.05, 0) is 43.4 Å². The third-order valence-corrected chi connectivity index (χ3v) is 6.66. The molecule has 3 heterocycles. The highest BCUT2D eigenvalue weighted by Crippen LogP contribution is 2.52. The van der Waals surface area contributed by atoms with Gasteiger partial charge in [0.25, 0.3) is 0 Å². The molecule has 24 heavy (non-hydrogen) atoms. The van der Waals surface area contributed by atoms with Crippen molar-refractivity contribution in [2.75, 3.05) is 33.4 Å². The molecule has 2 saturated heterocycles. The molecule has 1 saturated carbocycles. The molecule has 0 N–H and O–H groups in total. The molecule has 0 aromatic carbocycles. The van der Waals surface area contributed by atoms with E-state index in [1.807, 2.05) is 19.4 Å². The molecular weight excluding hydrogens is 324 g/mol. The lowest BCUT2D eigenvalue weighted by atomic mass is 9.62. The summed E-state index contributed by atoms with van der Waals surface area (Å²) in [5.41, 5.74) is 1.01. The van der Waals surface area contributed by atoms with E-state index in [9.17, 15) is 0 Å². The molecule has 1 aliphatic carbocycles. The number of pyridine rings is 1. The van der Waals surface area contributed by atoms with Crippen LogP contribution in [0.4, 0.5) is 0 Å². The Kier molecular flexibility index (Phi) is 4.83. The van der Waals surface area contributed by atoms with E-state index in [0.29, 0.717) is 23.0 Å². The number of halogens is 1. The smallest absolute Gasteiger partial charge is 0.129 e. The predicted molar refractivity (Wildman–Crippen MR) is 94.2 cm³/mol. The standard InChI is InChI=1S/C19H27ClN2O2/c1-23-19(14-5-8-21-18(20)11-14)15-3-2-4-16(19)13-22(12-15)17-6-9-24-10-7-17/h5,8,11,15-17H,2-4,6-7,9-10,12-13H2,1H3/t15-,16+,19-. The van der Waals surface area contributed by atoms with Gasteiger partial charge in [0.15, 0.2) is 0 Å². The van der Waals surface area contributed by atoms with Crippen molar-refractivity contribution in [1.29, 1.82) is 0 Å². The summed E-state index contributed by atoms with van der Waals surface area (Å²) in [5, 5.41) is 0.564. The van der Waals surface area contributed by atoms with Crippen LogP contribution >= 0.6 is 11.6 Å². The fraction of sp³-hybridized carbons (Fsp3) is 0.737. The zero-order chi connectivity index (χ0) is 16.6. The first-order valence-corrected chi connectivity index (χ1v) is 9.61. The average molecular weight is 351 g/mol. The van der Waals surface area contributed by atoms with Crippen LogP contribution in [-0.2, 0) is 15.1 Å². The normalized spacial score (nSPS) is 35.1. The topological polar surface area (TPSA) is 34.6 Å². The van der Waals surface area contributed by atoms with E-state index in [1.54, 1.807) is 0 Å². The van der Waals surface area contributed by atoms with Crippen molar-refractivity contribution in [1.82, 2.24) is 9.88 Å². The minimum absolute atomic E-state index is 0.202. The number of ether oxygens (including phenoxy) is 2. The van der Waals surface area contributed by atoms with Crippen molar-refractivity contribution < 1.29 is 9.47 Å². The second-order valence-corrected chi connectivity index (χ2v) is 7.87. The van der Waals surface area contributed by atoms with E-state index in [1.165, 1.54) is 37.7 Å². The molecule has 2 aliphatic heterocycles. The summed E-state index contributed by atoms with van der Waals surface area (Å²) >= 11 is 6.20. The van der Waals surface area contributed by atoms with Crippen molar-refractivity contribution in [3.05, 3.63) is 29.0 Å². The third-order valence-electron chi connectivity index (χ3n) is 6.45. The molecule has 3 aliphatic rings. The highest BCUT2D eigenvalue weighted by molar-refractivity contribution is 6.29. The van der Waals surface area contributed by atoms with Crippen LogP contribution in [0, 0.1) is 11.8 Å². The fourth-order valence-electron chi connectivity index (χ4n) is 5.38. The van der Waals surface area contributed by atoms with Crippen LogP contribution in [0.1, 0.15) is 37.7 Å². The van der Waals surface area contributed by atoms with E-state index in [4.69, 9.17) is 21.1 Å². The van der Waals surface area contributed by atoms with Gasteiger partial charge in [-0.15, -0.1) is 0 Å². The Morgan fingerprint density at radius 3 is 2.54 bits per heavy atom. The fourth-order valence-corrected chi connectivity index (χ4v) is 5.56. The van der Waals surface area contributed by atoms with Gasteiger partial charge < -0.3 is 9.47 Å². The second-order valence-electron chi connectivity index (χ2n) is 7.49. The molecule has 4 rings (SSSR count). The molecule has 3 fully saturated rings. The monoisotopic (exact) mass is 350 g/mol. The Bertz CT molecular complexity index is 562. The maximum atomic E-state index is 6.28. The van der Waals surface area contributed by atoms with Gasteiger partial charge in [0.2, 0.25) is 0 Å². The molecule has 2 bridgehead atoms. The zero-order valence-electron chi connectivity index (χ0n) is 14.4. The highest BCUT2D eigenvalue weighted by atomic mass is 35.5. The summed E-state index contributed by atoms with van der Waals surface area (Å²) < 4.78 is 11.8. The summed E-state index contributed by atoms with van der Waals surface area (Å²) in [6.07, 6.45) is 7.91. The Morgan fingerprint density at radius 1 is 1.21 bits per heavy atom. The number of aromatic nitrogens is 1. The first-order chi connectivity index (χ1) is 11.7. The number of hydrogen-bond acceptors (Lipinski definition) is 4. The quantitative estimate of drug-likeness (QED) is 0.782. The minimum Gasteiger partial charge on any atom is -0.381 e. The maximum absolute atomic E-state index is 6.28. The van der Waals surface area contributed by atoms with Crippen LogP contribution in [0.2, 0.25) is 5.15 Å². The first-order valence-electron chi connectivity index (χ1n) is 9.23. The van der Waals surface area contributed by atoms with Crippen LogP contribution in [0.5, 0.6) is 0 Å². The molecule has 132 valence electrons. The predicted octanol–water partition coefficient (Wildman–Crippen LogP) is 3.49. The Labute approximate surface area is 149 Å². The van der Waals surface area contributed by atoms with E-state index < -0.39 is 0 Å². The molecule has 4 nitrogen and oxygen atoms in total. The molecule has 0 unspecified atom stereocenters. The maximum Gasteiger partial charge on any atom is 0.129 e. The van der Waals surface area contributed by atoms with Crippen molar-refractivity contribution in [2.24, 2.45) is 11.8 Å². The molecule has 1 aromatic heterocycles. The molecular formula is C19H27ClN2O2. The molecule has 0 spiro atoms. The number of likely N-dealkylation sites (tertiary alicyclic amines) is 1. The van der Waals surface area contributed by atoms with Crippen LogP contribution in [0.3, 0.4) is 0 Å².